The molecule has 0 spiro atoms. The Morgan fingerprint density at radius 2 is 1.06 bits per heavy atom. The largest absolute Gasteiger partial charge is 0.456 e. The Balaban J connectivity index is 1.25. The topological polar surface area (TPSA) is 39.8 Å². The fraction of sp³-hybridized carbons (Fsp3) is 0. The summed E-state index contributed by atoms with van der Waals surface area (Å²) in [7, 11) is 0. The normalized spacial score (nSPS) is 12.6. The fourth-order valence-corrected chi connectivity index (χ4v) is 7.60. The lowest BCUT2D eigenvalue weighted by atomic mass is 10.0. The Bertz CT molecular complexity index is 2720. The quantitative estimate of drug-likeness (QED) is 0.200. The molecule has 5 heteroatoms. The van der Waals surface area contributed by atoms with E-state index in [1.807, 2.05) is 42.5 Å². The molecule has 0 N–H and O–H groups in total. The average molecular weight is 605 g/mol. The molecule has 11 rings (SSSR count). The lowest BCUT2D eigenvalue weighted by Crippen LogP contribution is -2.12. The number of aromatic nitrogens is 1. The molecule has 0 saturated heterocycles. The van der Waals surface area contributed by atoms with Crippen LogP contribution in [0.1, 0.15) is 0 Å². The van der Waals surface area contributed by atoms with Gasteiger partial charge in [-0.05, 0) is 71.8 Å². The van der Waals surface area contributed by atoms with E-state index in [4.69, 9.17) is 13.9 Å². The van der Waals surface area contributed by atoms with Crippen LogP contribution in [0.5, 0.6) is 23.0 Å². The molecule has 0 aliphatic carbocycles. The molecule has 5 nitrogen and oxygen atoms in total. The first kappa shape index (κ1) is 24.8. The van der Waals surface area contributed by atoms with E-state index >= 15 is 0 Å². The van der Waals surface area contributed by atoms with E-state index in [0.717, 1.165) is 95.1 Å². The van der Waals surface area contributed by atoms with Crippen LogP contribution in [-0.4, -0.2) is 4.57 Å². The van der Waals surface area contributed by atoms with Gasteiger partial charge in [-0.1, -0.05) is 84.9 Å². The summed E-state index contributed by atoms with van der Waals surface area (Å²) < 4.78 is 21.8. The standard InChI is InChI=1S/C42H24N2O3/c1-2-9-25(10-3-1)26-19-21-27(22-20-26)43(30-13-7-15-33-38(30)28-11-4-5-14-32(28)45-33)31-23-24-37-42-39(31)29-12-6-16-34-40(29)44(42)41-35(46-34)17-8-18-36(41)47-37/h1-24H. The first-order chi connectivity index (χ1) is 23.3. The van der Waals surface area contributed by atoms with Crippen LogP contribution in [0.15, 0.2) is 150 Å². The number of hydrogen-bond acceptors (Lipinski definition) is 4. The van der Waals surface area contributed by atoms with Crippen LogP contribution in [0.25, 0.3) is 60.6 Å². The summed E-state index contributed by atoms with van der Waals surface area (Å²) in [6.45, 7) is 0. The van der Waals surface area contributed by atoms with Crippen molar-refractivity contribution in [3.05, 3.63) is 146 Å². The molecule has 2 aliphatic rings. The first-order valence-electron chi connectivity index (χ1n) is 15.8. The minimum atomic E-state index is 0.791. The number of rotatable bonds is 4. The molecule has 2 aromatic heterocycles. The third-order valence-electron chi connectivity index (χ3n) is 9.55. The predicted octanol–water partition coefficient (Wildman–Crippen LogP) is 12.0. The van der Waals surface area contributed by atoms with Crippen molar-refractivity contribution in [1.29, 1.82) is 0 Å². The molecule has 2 aliphatic heterocycles. The number of para-hydroxylation sites is 3. The van der Waals surface area contributed by atoms with Gasteiger partial charge in [-0.15, -0.1) is 0 Å². The molecule has 0 fully saturated rings. The van der Waals surface area contributed by atoms with Crippen molar-refractivity contribution in [3.8, 4) is 39.8 Å². The monoisotopic (exact) mass is 604 g/mol. The third kappa shape index (κ3) is 3.32. The van der Waals surface area contributed by atoms with Gasteiger partial charge in [0.25, 0.3) is 0 Å². The van der Waals surface area contributed by atoms with Gasteiger partial charge in [0.1, 0.15) is 16.9 Å². The van der Waals surface area contributed by atoms with Gasteiger partial charge in [-0.3, -0.25) is 4.57 Å². The van der Waals surface area contributed by atoms with Crippen molar-refractivity contribution >= 4 is 60.8 Å². The van der Waals surface area contributed by atoms with Gasteiger partial charge in [0.15, 0.2) is 23.0 Å². The van der Waals surface area contributed by atoms with Gasteiger partial charge in [0, 0.05) is 21.8 Å². The number of nitrogens with zero attached hydrogens (tertiary/aromatic N) is 2. The molecule has 0 saturated carbocycles. The van der Waals surface area contributed by atoms with Crippen LogP contribution in [0, 0.1) is 0 Å². The number of hydrogen-bond donors (Lipinski definition) is 0. The minimum absolute atomic E-state index is 0.791. The predicted molar refractivity (Wildman–Crippen MR) is 188 cm³/mol. The van der Waals surface area contributed by atoms with Gasteiger partial charge < -0.3 is 18.8 Å². The summed E-state index contributed by atoms with van der Waals surface area (Å²) in [6.07, 6.45) is 0. The lowest BCUT2D eigenvalue weighted by Gasteiger charge is -2.29. The number of anilines is 3. The van der Waals surface area contributed by atoms with Gasteiger partial charge in [0.05, 0.1) is 27.8 Å². The van der Waals surface area contributed by atoms with E-state index in [0.29, 0.717) is 0 Å². The summed E-state index contributed by atoms with van der Waals surface area (Å²) in [5.74, 6) is 3.24. The fourth-order valence-electron chi connectivity index (χ4n) is 7.60. The summed E-state index contributed by atoms with van der Waals surface area (Å²) in [4.78, 5) is 2.37. The Morgan fingerprint density at radius 3 is 1.91 bits per heavy atom. The molecule has 0 bridgehead atoms. The maximum Gasteiger partial charge on any atom is 0.155 e. The van der Waals surface area contributed by atoms with Crippen molar-refractivity contribution in [2.24, 2.45) is 0 Å². The van der Waals surface area contributed by atoms with Crippen LogP contribution in [0.2, 0.25) is 0 Å². The van der Waals surface area contributed by atoms with Crippen molar-refractivity contribution < 1.29 is 13.9 Å². The van der Waals surface area contributed by atoms with Crippen molar-refractivity contribution in [2.45, 2.75) is 0 Å². The molecule has 0 radical (unpaired) electrons. The second kappa shape index (κ2) is 9.05. The molecule has 0 amide bonds. The van der Waals surface area contributed by atoms with Crippen molar-refractivity contribution in [2.75, 3.05) is 4.90 Å². The van der Waals surface area contributed by atoms with E-state index in [-0.39, 0.29) is 0 Å². The van der Waals surface area contributed by atoms with E-state index in [9.17, 15) is 0 Å². The molecular weight excluding hydrogens is 580 g/mol. The van der Waals surface area contributed by atoms with Gasteiger partial charge in [0.2, 0.25) is 0 Å². The van der Waals surface area contributed by atoms with E-state index in [2.05, 4.69) is 113 Å². The van der Waals surface area contributed by atoms with Gasteiger partial charge in [-0.25, -0.2) is 0 Å². The van der Waals surface area contributed by atoms with Gasteiger partial charge in [-0.2, -0.15) is 0 Å². The summed E-state index contributed by atoms with van der Waals surface area (Å²) in [6, 6.07) is 50.5. The highest BCUT2D eigenvalue weighted by molar-refractivity contribution is 6.22. The molecule has 220 valence electrons. The van der Waals surface area contributed by atoms with Crippen LogP contribution in [0.3, 0.4) is 0 Å². The molecule has 9 aromatic rings. The highest BCUT2D eigenvalue weighted by Gasteiger charge is 2.34. The Labute approximate surface area is 269 Å². The van der Waals surface area contributed by atoms with E-state index in [1.54, 1.807) is 0 Å². The Morgan fingerprint density at radius 1 is 0.426 bits per heavy atom. The average Bonchev–Trinajstić information content (AvgIpc) is 3.69. The molecule has 0 atom stereocenters. The molecule has 7 aromatic carbocycles. The van der Waals surface area contributed by atoms with Crippen LogP contribution < -0.4 is 14.4 Å². The van der Waals surface area contributed by atoms with Crippen LogP contribution in [0.4, 0.5) is 17.1 Å². The molecule has 4 heterocycles. The Kier molecular flexibility index (Phi) is 4.78. The van der Waals surface area contributed by atoms with Crippen LogP contribution >= 0.6 is 0 Å². The summed E-state index contributed by atoms with van der Waals surface area (Å²) in [5.41, 5.74) is 10.2. The highest BCUT2D eigenvalue weighted by atomic mass is 16.5. The maximum atomic E-state index is 6.58. The van der Waals surface area contributed by atoms with Crippen LogP contribution in [-0.2, 0) is 0 Å². The number of furan rings is 1. The molecule has 0 unspecified atom stereocenters. The number of fused-ring (bicyclic) bond motifs is 4. The minimum Gasteiger partial charge on any atom is -0.456 e. The number of benzene rings is 7. The zero-order valence-corrected chi connectivity index (χ0v) is 25.0. The SMILES string of the molecule is c1ccc(-c2ccc(N(c3cccc4oc5ccccc5c34)c3ccc4c5c3c3cccc6c3n5-c3c(cccc3O4)O6)cc2)cc1. The third-order valence-corrected chi connectivity index (χ3v) is 9.55. The Hall–Kier alpha value is -6.46. The van der Waals surface area contributed by atoms with Crippen molar-refractivity contribution in [3.63, 3.8) is 0 Å². The first-order valence-corrected chi connectivity index (χ1v) is 15.8. The van der Waals surface area contributed by atoms with Gasteiger partial charge >= 0.3 is 0 Å². The zero-order chi connectivity index (χ0) is 30.6. The lowest BCUT2D eigenvalue weighted by molar-refractivity contribution is 0.444. The molecule has 47 heavy (non-hydrogen) atoms. The maximum absolute atomic E-state index is 6.58. The summed E-state index contributed by atoms with van der Waals surface area (Å²) in [5, 5.41) is 4.36. The summed E-state index contributed by atoms with van der Waals surface area (Å²) >= 11 is 0. The van der Waals surface area contributed by atoms with Crippen molar-refractivity contribution in [1.82, 2.24) is 4.57 Å². The second-order valence-electron chi connectivity index (χ2n) is 12.1. The highest BCUT2D eigenvalue weighted by Crippen LogP contribution is 2.57. The second-order valence-corrected chi connectivity index (χ2v) is 12.1. The molecular formula is C42H24N2O3. The zero-order valence-electron chi connectivity index (χ0n) is 25.0. The van der Waals surface area contributed by atoms with E-state index in [1.165, 1.54) is 5.56 Å². The number of ether oxygens (including phenoxy) is 2. The smallest absolute Gasteiger partial charge is 0.155 e. The van der Waals surface area contributed by atoms with E-state index < -0.39 is 0 Å².